The molecule has 0 aromatic heterocycles. The normalized spacial score (nSPS) is 10.8. The van der Waals surface area contributed by atoms with Crippen molar-refractivity contribution in [2.24, 2.45) is 0 Å². The highest BCUT2D eigenvalue weighted by Gasteiger charge is 2.12. The van der Waals surface area contributed by atoms with Gasteiger partial charge >= 0.3 is 0 Å². The largest absolute Gasteiger partial charge is 0.313 e. The third-order valence-electron chi connectivity index (χ3n) is 3.06. The quantitative estimate of drug-likeness (QED) is 0.764. The van der Waals surface area contributed by atoms with E-state index in [1.165, 1.54) is 12.1 Å². The fraction of sp³-hybridized carbons (Fsp3) is 0.250. The zero-order chi connectivity index (χ0) is 14.5. The van der Waals surface area contributed by atoms with Gasteiger partial charge in [0, 0.05) is 12.1 Å². The minimum absolute atomic E-state index is 0.362. The first-order chi connectivity index (χ1) is 9.63. The predicted octanol–water partition coefficient (Wildman–Crippen LogP) is 4.89. The van der Waals surface area contributed by atoms with Crippen LogP contribution in [0.5, 0.6) is 0 Å². The summed E-state index contributed by atoms with van der Waals surface area (Å²) >= 11 is 3.17. The first-order valence-corrected chi connectivity index (χ1v) is 7.36. The van der Waals surface area contributed by atoms with E-state index in [2.05, 4.69) is 28.2 Å². The van der Waals surface area contributed by atoms with Gasteiger partial charge in [0.1, 0.15) is 11.6 Å². The van der Waals surface area contributed by atoms with Crippen molar-refractivity contribution >= 4 is 15.9 Å². The van der Waals surface area contributed by atoms with Gasteiger partial charge < -0.3 is 5.32 Å². The average molecular weight is 340 g/mol. The Kier molecular flexibility index (Phi) is 5.26. The van der Waals surface area contributed by atoms with Crippen molar-refractivity contribution in [1.29, 1.82) is 0 Å². The van der Waals surface area contributed by atoms with Gasteiger partial charge in [0.25, 0.3) is 0 Å². The Morgan fingerprint density at radius 2 is 1.90 bits per heavy atom. The van der Waals surface area contributed by atoms with E-state index in [1.807, 2.05) is 0 Å². The second-order valence-corrected chi connectivity index (χ2v) is 5.43. The van der Waals surface area contributed by atoms with Crippen molar-refractivity contribution in [1.82, 2.24) is 5.32 Å². The van der Waals surface area contributed by atoms with E-state index in [4.69, 9.17) is 0 Å². The lowest BCUT2D eigenvalue weighted by molar-refractivity contribution is 0.618. The highest BCUT2D eigenvalue weighted by molar-refractivity contribution is 9.10. The Hall–Kier alpha value is -1.26. The molecule has 0 radical (unpaired) electrons. The van der Waals surface area contributed by atoms with Crippen LogP contribution in [0.1, 0.15) is 18.9 Å². The zero-order valence-corrected chi connectivity index (χ0v) is 12.8. The maximum atomic E-state index is 14.2. The lowest BCUT2D eigenvalue weighted by Gasteiger charge is -2.12. The van der Waals surface area contributed by atoms with E-state index >= 15 is 0 Å². The molecule has 0 unspecified atom stereocenters. The van der Waals surface area contributed by atoms with Gasteiger partial charge in [0.15, 0.2) is 0 Å². The summed E-state index contributed by atoms with van der Waals surface area (Å²) in [5.41, 5.74) is 1.89. The molecule has 2 rings (SSSR count). The fourth-order valence-electron chi connectivity index (χ4n) is 2.07. The van der Waals surface area contributed by atoms with Crippen LogP contribution in [0.15, 0.2) is 40.9 Å². The van der Waals surface area contributed by atoms with E-state index in [1.54, 1.807) is 24.3 Å². The minimum atomic E-state index is -0.366. The van der Waals surface area contributed by atoms with Gasteiger partial charge in [-0.2, -0.15) is 0 Å². The Morgan fingerprint density at radius 3 is 2.65 bits per heavy atom. The summed E-state index contributed by atoms with van der Waals surface area (Å²) in [4.78, 5) is 0. The van der Waals surface area contributed by atoms with E-state index in [-0.39, 0.29) is 11.6 Å². The summed E-state index contributed by atoms with van der Waals surface area (Å²) in [6.07, 6.45) is 1.02. The van der Waals surface area contributed by atoms with Gasteiger partial charge in [0.2, 0.25) is 0 Å². The molecule has 0 amide bonds. The second-order valence-electron chi connectivity index (χ2n) is 4.58. The van der Waals surface area contributed by atoms with Gasteiger partial charge in [0.05, 0.1) is 4.47 Å². The maximum absolute atomic E-state index is 14.2. The fourth-order valence-corrected chi connectivity index (χ4v) is 2.43. The summed E-state index contributed by atoms with van der Waals surface area (Å²) in [7, 11) is 0. The van der Waals surface area contributed by atoms with Crippen LogP contribution < -0.4 is 5.32 Å². The molecule has 1 N–H and O–H groups in total. The number of rotatable bonds is 5. The SMILES string of the molecule is CCCNCc1ccc(F)cc1-c1cccc(Br)c1F. The Balaban J connectivity index is 2.43. The molecule has 0 spiro atoms. The molecule has 0 heterocycles. The Bertz CT molecular complexity index is 599. The summed E-state index contributed by atoms with van der Waals surface area (Å²) in [5.74, 6) is -0.728. The van der Waals surface area contributed by atoms with Crippen molar-refractivity contribution in [2.75, 3.05) is 6.54 Å². The molecular weight excluding hydrogens is 324 g/mol. The molecule has 4 heteroatoms. The number of halogens is 3. The number of benzene rings is 2. The molecule has 1 nitrogen and oxygen atoms in total. The number of nitrogens with one attached hydrogen (secondary N) is 1. The molecule has 2 aromatic rings. The lowest BCUT2D eigenvalue weighted by atomic mass is 9.99. The molecule has 0 saturated heterocycles. The molecule has 0 aliphatic heterocycles. The topological polar surface area (TPSA) is 12.0 Å². The van der Waals surface area contributed by atoms with Crippen LogP contribution >= 0.6 is 15.9 Å². The van der Waals surface area contributed by atoms with Gasteiger partial charge in [-0.1, -0.05) is 25.1 Å². The summed E-state index contributed by atoms with van der Waals surface area (Å²) in [6, 6.07) is 9.53. The van der Waals surface area contributed by atoms with Gasteiger partial charge in [-0.05, 0) is 58.2 Å². The first-order valence-electron chi connectivity index (χ1n) is 6.57. The molecule has 20 heavy (non-hydrogen) atoms. The van der Waals surface area contributed by atoms with Crippen LogP contribution in [0.3, 0.4) is 0 Å². The molecule has 106 valence electrons. The summed E-state index contributed by atoms with van der Waals surface area (Å²) in [6.45, 7) is 3.54. The van der Waals surface area contributed by atoms with Crippen molar-refractivity contribution in [3.05, 3.63) is 58.1 Å². The average Bonchev–Trinajstić information content (AvgIpc) is 2.44. The third kappa shape index (κ3) is 3.44. The maximum Gasteiger partial charge on any atom is 0.145 e. The van der Waals surface area contributed by atoms with Gasteiger partial charge in [-0.25, -0.2) is 8.78 Å². The summed E-state index contributed by atoms with van der Waals surface area (Å²) < 4.78 is 28.1. The molecule has 2 aromatic carbocycles. The predicted molar refractivity (Wildman–Crippen MR) is 81.5 cm³/mol. The molecule has 0 aliphatic carbocycles. The van der Waals surface area contributed by atoms with Crippen molar-refractivity contribution in [3.63, 3.8) is 0 Å². The van der Waals surface area contributed by atoms with Crippen LogP contribution in [-0.2, 0) is 6.54 Å². The van der Waals surface area contributed by atoms with Crippen LogP contribution in [0.2, 0.25) is 0 Å². The smallest absolute Gasteiger partial charge is 0.145 e. The van der Waals surface area contributed by atoms with Crippen LogP contribution in [-0.4, -0.2) is 6.54 Å². The third-order valence-corrected chi connectivity index (χ3v) is 3.67. The molecular formula is C16H16BrF2N. The van der Waals surface area contributed by atoms with E-state index in [0.29, 0.717) is 22.1 Å². The zero-order valence-electron chi connectivity index (χ0n) is 11.2. The van der Waals surface area contributed by atoms with Crippen molar-refractivity contribution in [2.45, 2.75) is 19.9 Å². The second kappa shape index (κ2) is 6.95. The van der Waals surface area contributed by atoms with E-state index < -0.39 is 0 Å². The number of hydrogen-bond acceptors (Lipinski definition) is 1. The molecule has 0 aliphatic rings. The van der Waals surface area contributed by atoms with Gasteiger partial charge in [-0.3, -0.25) is 0 Å². The van der Waals surface area contributed by atoms with E-state index in [9.17, 15) is 8.78 Å². The van der Waals surface area contributed by atoms with Crippen LogP contribution in [0.4, 0.5) is 8.78 Å². The molecule has 0 atom stereocenters. The van der Waals surface area contributed by atoms with Crippen LogP contribution in [0.25, 0.3) is 11.1 Å². The minimum Gasteiger partial charge on any atom is -0.313 e. The standard InChI is InChI=1S/C16H16BrF2N/c1-2-8-20-10-11-6-7-12(18)9-14(11)13-4-3-5-15(17)16(13)19/h3-7,9,20H,2,8,10H2,1H3. The van der Waals surface area contributed by atoms with Crippen molar-refractivity contribution in [3.8, 4) is 11.1 Å². The summed E-state index contributed by atoms with van der Waals surface area (Å²) in [5, 5.41) is 3.26. The Labute approximate surface area is 126 Å². The number of hydrogen-bond donors (Lipinski definition) is 1. The van der Waals surface area contributed by atoms with Crippen LogP contribution in [0, 0.1) is 11.6 Å². The Morgan fingerprint density at radius 1 is 1.10 bits per heavy atom. The van der Waals surface area contributed by atoms with Gasteiger partial charge in [-0.15, -0.1) is 0 Å². The molecule has 0 bridgehead atoms. The van der Waals surface area contributed by atoms with Crippen molar-refractivity contribution < 1.29 is 8.78 Å². The highest BCUT2D eigenvalue weighted by Crippen LogP contribution is 2.30. The molecule has 0 saturated carbocycles. The lowest BCUT2D eigenvalue weighted by Crippen LogP contribution is -2.14. The molecule has 0 fully saturated rings. The first kappa shape index (κ1) is 15.1. The van der Waals surface area contributed by atoms with E-state index in [0.717, 1.165) is 18.5 Å². The highest BCUT2D eigenvalue weighted by atomic mass is 79.9. The monoisotopic (exact) mass is 339 g/mol.